The van der Waals surface area contributed by atoms with Crippen LogP contribution < -0.4 is 9.62 Å². The highest BCUT2D eigenvalue weighted by atomic mass is 32.2. The number of benzene rings is 2. The van der Waals surface area contributed by atoms with Crippen molar-refractivity contribution in [3.05, 3.63) is 72.6 Å². The number of aromatic nitrogens is 3. The first kappa shape index (κ1) is 19.9. The molecule has 1 unspecified atom stereocenters. The minimum absolute atomic E-state index is 0.0275. The Morgan fingerprint density at radius 2 is 1.50 bits per heavy atom. The number of rotatable bonds is 7. The number of sulfonamides is 1. The summed E-state index contributed by atoms with van der Waals surface area (Å²) in [5, 5.41) is 8.11. The quantitative estimate of drug-likeness (QED) is 0.576. The molecule has 154 valence electrons. The van der Waals surface area contributed by atoms with Crippen molar-refractivity contribution < 1.29 is 18.0 Å². The highest BCUT2D eigenvalue weighted by Crippen LogP contribution is 2.25. The first-order chi connectivity index (χ1) is 14.4. The van der Waals surface area contributed by atoms with Crippen molar-refractivity contribution >= 4 is 27.5 Å². The number of carbonyl (C=O) groups excluding carboxylic acids is 2. The Bertz CT molecular complexity index is 1130. The summed E-state index contributed by atoms with van der Waals surface area (Å²) in [6.07, 6.45) is 3.38. The molecule has 1 aliphatic rings. The Labute approximate surface area is 173 Å². The average Bonchev–Trinajstić information content (AvgIpc) is 3.37. The van der Waals surface area contributed by atoms with E-state index in [1.807, 2.05) is 30.3 Å². The van der Waals surface area contributed by atoms with Crippen LogP contribution in [0.25, 0.3) is 0 Å². The van der Waals surface area contributed by atoms with Crippen LogP contribution in [0.5, 0.6) is 0 Å². The lowest BCUT2D eigenvalue weighted by molar-refractivity contribution is -0.121. The van der Waals surface area contributed by atoms with Crippen LogP contribution in [0.3, 0.4) is 0 Å². The zero-order valence-corrected chi connectivity index (χ0v) is 16.7. The molecule has 10 heteroatoms. The largest absolute Gasteiger partial charge is 0.274 e. The maximum atomic E-state index is 13.0. The normalized spacial score (nSPS) is 15.5. The van der Waals surface area contributed by atoms with Crippen LogP contribution >= 0.6 is 0 Å². The van der Waals surface area contributed by atoms with Crippen LogP contribution in [-0.2, 0) is 26.2 Å². The van der Waals surface area contributed by atoms with Gasteiger partial charge in [0.25, 0.3) is 0 Å². The Morgan fingerprint density at radius 1 is 0.900 bits per heavy atom. The maximum absolute atomic E-state index is 13.0. The van der Waals surface area contributed by atoms with Gasteiger partial charge in [0.1, 0.15) is 0 Å². The lowest BCUT2D eigenvalue weighted by Crippen LogP contribution is -2.32. The van der Waals surface area contributed by atoms with Gasteiger partial charge in [-0.1, -0.05) is 30.3 Å². The number of amides is 2. The molecule has 1 aromatic heterocycles. The van der Waals surface area contributed by atoms with Gasteiger partial charge in [0.2, 0.25) is 21.8 Å². The number of nitrogens with zero attached hydrogens (tertiary/aromatic N) is 4. The van der Waals surface area contributed by atoms with Crippen molar-refractivity contribution in [2.45, 2.75) is 30.3 Å². The third-order valence-electron chi connectivity index (χ3n) is 4.77. The molecule has 0 aliphatic carbocycles. The number of anilines is 1. The van der Waals surface area contributed by atoms with Gasteiger partial charge in [-0.15, -0.1) is 0 Å². The smallest absolute Gasteiger partial charge is 0.241 e. The summed E-state index contributed by atoms with van der Waals surface area (Å²) in [4.78, 5) is 26.3. The fourth-order valence-electron chi connectivity index (χ4n) is 3.29. The van der Waals surface area contributed by atoms with Crippen molar-refractivity contribution in [3.8, 4) is 0 Å². The summed E-state index contributed by atoms with van der Waals surface area (Å²) < 4.78 is 28.7. The van der Waals surface area contributed by atoms with Crippen molar-refractivity contribution in [2.75, 3.05) is 4.90 Å². The van der Waals surface area contributed by atoms with E-state index in [1.54, 1.807) is 0 Å². The van der Waals surface area contributed by atoms with Gasteiger partial charge in [0.05, 0.1) is 35.6 Å². The van der Waals surface area contributed by atoms with Crippen LogP contribution in [0.4, 0.5) is 5.69 Å². The van der Waals surface area contributed by atoms with Crippen LogP contribution in [0.2, 0.25) is 0 Å². The van der Waals surface area contributed by atoms with Gasteiger partial charge in [-0.2, -0.15) is 15.0 Å². The minimum Gasteiger partial charge on any atom is -0.274 e. The van der Waals surface area contributed by atoms with Crippen molar-refractivity contribution in [3.63, 3.8) is 0 Å². The molecule has 30 heavy (non-hydrogen) atoms. The SMILES string of the molecule is O=C1CCC(=O)N1c1ccc(S(=O)(=O)NC(Cn2nccn2)c2ccccc2)cc1. The molecule has 0 saturated carbocycles. The third kappa shape index (κ3) is 4.14. The zero-order valence-electron chi connectivity index (χ0n) is 15.9. The average molecular weight is 425 g/mol. The molecule has 0 bridgehead atoms. The summed E-state index contributed by atoms with van der Waals surface area (Å²) in [5.41, 5.74) is 1.13. The first-order valence-corrected chi connectivity index (χ1v) is 10.8. The summed E-state index contributed by atoms with van der Waals surface area (Å²) in [5.74, 6) is -0.575. The van der Waals surface area contributed by atoms with Crippen molar-refractivity contribution in [2.24, 2.45) is 0 Å². The molecular formula is C20H19N5O4S. The van der Waals surface area contributed by atoms with E-state index in [1.165, 1.54) is 41.5 Å². The number of hydrogen-bond donors (Lipinski definition) is 1. The fraction of sp³-hybridized carbons (Fsp3) is 0.200. The monoisotopic (exact) mass is 425 g/mol. The number of imide groups is 1. The van der Waals surface area contributed by atoms with Gasteiger partial charge >= 0.3 is 0 Å². The Kier molecular flexibility index (Phi) is 5.42. The molecular weight excluding hydrogens is 406 g/mol. The van der Waals surface area contributed by atoms with Crippen LogP contribution in [0, 0.1) is 0 Å². The van der Waals surface area contributed by atoms with Gasteiger partial charge in [-0.05, 0) is 29.8 Å². The molecule has 1 aliphatic heterocycles. The number of nitrogens with one attached hydrogen (secondary N) is 1. The highest BCUT2D eigenvalue weighted by molar-refractivity contribution is 7.89. The van der Waals surface area contributed by atoms with E-state index in [0.29, 0.717) is 5.69 Å². The lowest BCUT2D eigenvalue weighted by Gasteiger charge is -2.19. The predicted molar refractivity (Wildman–Crippen MR) is 108 cm³/mol. The van der Waals surface area contributed by atoms with Gasteiger partial charge < -0.3 is 0 Å². The molecule has 0 radical (unpaired) electrons. The van der Waals surface area contributed by atoms with Crippen LogP contribution in [0.15, 0.2) is 71.9 Å². The van der Waals surface area contributed by atoms with E-state index in [-0.39, 0.29) is 36.1 Å². The highest BCUT2D eigenvalue weighted by Gasteiger charge is 2.30. The van der Waals surface area contributed by atoms with E-state index in [2.05, 4.69) is 14.9 Å². The van der Waals surface area contributed by atoms with Crippen LogP contribution in [-0.4, -0.2) is 35.2 Å². The summed E-state index contributed by atoms with van der Waals surface area (Å²) in [7, 11) is -3.89. The molecule has 3 aromatic rings. The van der Waals surface area contributed by atoms with Gasteiger partial charge in [-0.25, -0.2) is 13.1 Å². The van der Waals surface area contributed by atoms with Gasteiger partial charge in [-0.3, -0.25) is 14.5 Å². The molecule has 2 aromatic carbocycles. The Balaban J connectivity index is 1.58. The summed E-state index contributed by atoms with van der Waals surface area (Å²) >= 11 is 0. The second-order valence-corrected chi connectivity index (χ2v) is 8.50. The topological polar surface area (TPSA) is 114 Å². The Hall–Kier alpha value is -3.37. The molecule has 2 heterocycles. The van der Waals surface area contributed by atoms with Crippen LogP contribution in [0.1, 0.15) is 24.4 Å². The second kappa shape index (κ2) is 8.17. The second-order valence-electron chi connectivity index (χ2n) is 6.79. The maximum Gasteiger partial charge on any atom is 0.241 e. The molecule has 9 nitrogen and oxygen atoms in total. The van der Waals surface area contributed by atoms with E-state index in [4.69, 9.17) is 0 Å². The number of hydrogen-bond acceptors (Lipinski definition) is 6. The molecule has 1 fully saturated rings. The predicted octanol–water partition coefficient (Wildman–Crippen LogP) is 1.65. The van der Waals surface area contributed by atoms with Gasteiger partial charge in [0.15, 0.2) is 0 Å². The van der Waals surface area contributed by atoms with Gasteiger partial charge in [0, 0.05) is 12.8 Å². The van der Waals surface area contributed by atoms with E-state index in [0.717, 1.165) is 10.5 Å². The fourth-order valence-corrected chi connectivity index (χ4v) is 4.51. The van der Waals surface area contributed by atoms with E-state index < -0.39 is 16.1 Å². The summed E-state index contributed by atoms with van der Waals surface area (Å²) in [6.45, 7) is 0.213. The molecule has 1 N–H and O–H groups in total. The lowest BCUT2D eigenvalue weighted by atomic mass is 10.1. The van der Waals surface area contributed by atoms with E-state index >= 15 is 0 Å². The van der Waals surface area contributed by atoms with E-state index in [9.17, 15) is 18.0 Å². The zero-order chi connectivity index (χ0) is 21.1. The molecule has 1 atom stereocenters. The standard InChI is InChI=1S/C20H19N5O4S/c26-19-10-11-20(27)25(19)16-6-8-17(9-7-16)30(28,29)23-18(14-24-21-12-13-22-24)15-4-2-1-3-5-15/h1-9,12-13,18,23H,10-11,14H2. The molecule has 4 rings (SSSR count). The van der Waals surface area contributed by atoms with Crippen molar-refractivity contribution in [1.82, 2.24) is 19.7 Å². The molecule has 0 spiro atoms. The molecule has 1 saturated heterocycles. The third-order valence-corrected chi connectivity index (χ3v) is 6.26. The first-order valence-electron chi connectivity index (χ1n) is 9.31. The van der Waals surface area contributed by atoms with Crippen molar-refractivity contribution in [1.29, 1.82) is 0 Å². The number of carbonyl (C=O) groups is 2. The minimum atomic E-state index is -3.89. The molecule has 2 amide bonds. The summed E-state index contributed by atoms with van der Waals surface area (Å²) in [6, 6.07) is 14.2. The Morgan fingerprint density at radius 3 is 2.10 bits per heavy atom.